The lowest BCUT2D eigenvalue weighted by Gasteiger charge is -2.32. The smallest absolute Gasteiger partial charge is 0.157 e. The minimum atomic E-state index is -0.0612. The van der Waals surface area contributed by atoms with Gasteiger partial charge < -0.3 is 14.6 Å². The molecular formula is C21H30N2O4. The first kappa shape index (κ1) is 21.0. The Hall–Kier alpha value is -2.34. The number of hydrogen-bond acceptors (Lipinski definition) is 5. The molecule has 1 saturated heterocycles. The van der Waals surface area contributed by atoms with Crippen LogP contribution < -0.4 is 4.74 Å². The maximum atomic E-state index is 11.2. The summed E-state index contributed by atoms with van der Waals surface area (Å²) in [6.45, 7) is 10.00. The van der Waals surface area contributed by atoms with E-state index < -0.39 is 0 Å². The number of carbonyl (C=O) groups excluding carboxylic acids is 1. The fourth-order valence-corrected chi connectivity index (χ4v) is 3.33. The summed E-state index contributed by atoms with van der Waals surface area (Å²) in [6, 6.07) is 7.18. The number of aldehydes is 1. The summed E-state index contributed by atoms with van der Waals surface area (Å²) < 4.78 is 13.6. The van der Waals surface area contributed by atoms with Gasteiger partial charge in [0, 0.05) is 36.4 Å². The van der Waals surface area contributed by atoms with Crippen LogP contribution in [0.15, 0.2) is 30.5 Å². The summed E-state index contributed by atoms with van der Waals surface area (Å²) in [5, 5.41) is 14.2. The van der Waals surface area contributed by atoms with E-state index in [0.717, 1.165) is 12.1 Å². The lowest BCUT2D eigenvalue weighted by molar-refractivity contribution is 0.0272. The molecule has 0 saturated carbocycles. The summed E-state index contributed by atoms with van der Waals surface area (Å²) in [5.74, 6) is 0.798. The number of phenolic OH excluding ortho intramolecular Hbond substituents is 1. The van der Waals surface area contributed by atoms with Gasteiger partial charge in [-0.2, -0.15) is 5.10 Å². The molecule has 1 aliphatic rings. The SMILES string of the molecule is CC.CC(C)n1nccc1C1COCCC1COc1cccc(O)c1C=O. The fraction of sp³-hybridized carbons (Fsp3) is 0.524. The van der Waals surface area contributed by atoms with Crippen LogP contribution in [0.25, 0.3) is 0 Å². The van der Waals surface area contributed by atoms with Crippen LogP contribution in [-0.2, 0) is 4.74 Å². The number of aromatic nitrogens is 2. The van der Waals surface area contributed by atoms with Crippen molar-refractivity contribution in [2.24, 2.45) is 5.92 Å². The Kier molecular flexibility index (Phi) is 7.85. The predicted octanol–water partition coefficient (Wildman–Crippen LogP) is 4.21. The molecule has 148 valence electrons. The number of benzene rings is 1. The van der Waals surface area contributed by atoms with Gasteiger partial charge in [-0.1, -0.05) is 19.9 Å². The second-order valence-electron chi connectivity index (χ2n) is 6.64. The van der Waals surface area contributed by atoms with E-state index in [1.807, 2.05) is 30.8 Å². The fourth-order valence-electron chi connectivity index (χ4n) is 3.33. The summed E-state index contributed by atoms with van der Waals surface area (Å²) in [4.78, 5) is 11.2. The maximum Gasteiger partial charge on any atom is 0.157 e. The van der Waals surface area contributed by atoms with Crippen molar-refractivity contribution < 1.29 is 19.4 Å². The zero-order valence-corrected chi connectivity index (χ0v) is 16.6. The van der Waals surface area contributed by atoms with Gasteiger partial charge in [-0.05, 0) is 38.5 Å². The van der Waals surface area contributed by atoms with E-state index in [0.29, 0.717) is 31.9 Å². The van der Waals surface area contributed by atoms with Crippen LogP contribution in [0.1, 0.15) is 62.1 Å². The molecule has 27 heavy (non-hydrogen) atoms. The van der Waals surface area contributed by atoms with Crippen LogP contribution in [0.2, 0.25) is 0 Å². The summed E-state index contributed by atoms with van der Waals surface area (Å²) in [7, 11) is 0. The van der Waals surface area contributed by atoms with E-state index in [9.17, 15) is 9.90 Å². The number of carbonyl (C=O) groups is 1. The largest absolute Gasteiger partial charge is 0.507 e. The van der Waals surface area contributed by atoms with Crippen molar-refractivity contribution in [3.8, 4) is 11.5 Å². The molecule has 0 bridgehead atoms. The number of nitrogens with zero attached hydrogens (tertiary/aromatic N) is 2. The Labute approximate surface area is 161 Å². The van der Waals surface area contributed by atoms with E-state index in [4.69, 9.17) is 9.47 Å². The average Bonchev–Trinajstić information content (AvgIpc) is 3.18. The highest BCUT2D eigenvalue weighted by atomic mass is 16.5. The van der Waals surface area contributed by atoms with Crippen molar-refractivity contribution >= 4 is 6.29 Å². The third-order valence-electron chi connectivity index (χ3n) is 4.68. The van der Waals surface area contributed by atoms with Crippen LogP contribution in [-0.4, -0.2) is 41.0 Å². The first-order valence-electron chi connectivity index (χ1n) is 9.63. The molecular weight excluding hydrogens is 344 g/mol. The predicted molar refractivity (Wildman–Crippen MR) is 105 cm³/mol. The van der Waals surface area contributed by atoms with Crippen molar-refractivity contribution in [3.05, 3.63) is 41.7 Å². The highest BCUT2D eigenvalue weighted by Gasteiger charge is 2.31. The Morgan fingerprint density at radius 2 is 2.15 bits per heavy atom. The second-order valence-corrected chi connectivity index (χ2v) is 6.64. The molecule has 1 fully saturated rings. The minimum absolute atomic E-state index is 0.0612. The zero-order valence-electron chi connectivity index (χ0n) is 16.6. The number of ether oxygens (including phenoxy) is 2. The highest BCUT2D eigenvalue weighted by molar-refractivity contribution is 5.83. The van der Waals surface area contributed by atoms with Gasteiger partial charge in [-0.25, -0.2) is 0 Å². The van der Waals surface area contributed by atoms with E-state index in [1.54, 1.807) is 12.1 Å². The van der Waals surface area contributed by atoms with Crippen molar-refractivity contribution in [1.82, 2.24) is 9.78 Å². The van der Waals surface area contributed by atoms with Crippen LogP contribution in [0.3, 0.4) is 0 Å². The highest BCUT2D eigenvalue weighted by Crippen LogP contribution is 2.34. The summed E-state index contributed by atoms with van der Waals surface area (Å²) in [6.07, 6.45) is 3.32. The van der Waals surface area contributed by atoms with Crippen molar-refractivity contribution in [2.45, 2.75) is 46.1 Å². The Morgan fingerprint density at radius 3 is 2.85 bits per heavy atom. The number of rotatable bonds is 6. The molecule has 1 aromatic carbocycles. The third kappa shape index (κ3) is 4.89. The topological polar surface area (TPSA) is 73.6 Å². The van der Waals surface area contributed by atoms with E-state index in [1.165, 1.54) is 6.07 Å². The van der Waals surface area contributed by atoms with Crippen molar-refractivity contribution in [3.63, 3.8) is 0 Å². The molecule has 2 aromatic rings. The zero-order chi connectivity index (χ0) is 19.8. The lowest BCUT2D eigenvalue weighted by Crippen LogP contribution is -2.32. The number of hydrogen-bond donors (Lipinski definition) is 1. The first-order chi connectivity index (χ1) is 13.1. The van der Waals surface area contributed by atoms with Crippen LogP contribution in [0.4, 0.5) is 0 Å². The molecule has 2 atom stereocenters. The van der Waals surface area contributed by atoms with Gasteiger partial charge in [0.05, 0.1) is 18.8 Å². The quantitative estimate of drug-likeness (QED) is 0.767. The minimum Gasteiger partial charge on any atom is -0.507 e. The standard InChI is InChI=1S/C19H24N2O4.C2H6/c1-13(2)21-17(6-8-20-21)16-12-24-9-7-14(16)11-25-19-5-3-4-18(23)15(19)10-22;1-2/h3-6,8,10,13-14,16,23H,7,9,11-12H2,1-2H3;1-2H3. The average molecular weight is 374 g/mol. The molecule has 0 aliphatic carbocycles. The van der Waals surface area contributed by atoms with Crippen LogP contribution in [0, 0.1) is 5.92 Å². The van der Waals surface area contributed by atoms with Crippen LogP contribution >= 0.6 is 0 Å². The lowest BCUT2D eigenvalue weighted by atomic mass is 9.86. The van der Waals surface area contributed by atoms with E-state index >= 15 is 0 Å². The van der Waals surface area contributed by atoms with Crippen molar-refractivity contribution in [2.75, 3.05) is 19.8 Å². The Bertz CT molecular complexity index is 727. The normalized spacial score (nSPS) is 19.3. The van der Waals surface area contributed by atoms with E-state index in [2.05, 4.69) is 18.9 Å². The number of aromatic hydroxyl groups is 1. The van der Waals surface area contributed by atoms with Crippen molar-refractivity contribution in [1.29, 1.82) is 0 Å². The van der Waals surface area contributed by atoms with Gasteiger partial charge in [0.25, 0.3) is 0 Å². The van der Waals surface area contributed by atoms with Gasteiger partial charge in [0.15, 0.2) is 6.29 Å². The van der Waals surface area contributed by atoms with Gasteiger partial charge in [0.2, 0.25) is 0 Å². The molecule has 6 heteroatoms. The van der Waals surface area contributed by atoms with Gasteiger partial charge in [0.1, 0.15) is 11.5 Å². The summed E-state index contributed by atoms with van der Waals surface area (Å²) in [5.41, 5.74) is 1.34. The van der Waals surface area contributed by atoms with E-state index in [-0.39, 0.29) is 29.2 Å². The molecule has 1 aromatic heterocycles. The number of phenols is 1. The molecule has 1 N–H and O–H groups in total. The Balaban J connectivity index is 0.00000126. The molecule has 0 amide bonds. The van der Waals surface area contributed by atoms with Gasteiger partial charge in [-0.3, -0.25) is 9.48 Å². The molecule has 2 heterocycles. The second kappa shape index (κ2) is 10.1. The monoisotopic (exact) mass is 374 g/mol. The molecule has 0 radical (unpaired) electrons. The third-order valence-corrected chi connectivity index (χ3v) is 4.68. The molecule has 1 aliphatic heterocycles. The first-order valence-corrected chi connectivity index (χ1v) is 9.63. The molecule has 6 nitrogen and oxygen atoms in total. The van der Waals surface area contributed by atoms with Crippen LogP contribution in [0.5, 0.6) is 11.5 Å². The maximum absolute atomic E-state index is 11.2. The Morgan fingerprint density at radius 1 is 1.37 bits per heavy atom. The van der Waals surface area contributed by atoms with Gasteiger partial charge >= 0.3 is 0 Å². The molecule has 3 rings (SSSR count). The summed E-state index contributed by atoms with van der Waals surface area (Å²) >= 11 is 0. The van der Waals surface area contributed by atoms with Gasteiger partial charge in [-0.15, -0.1) is 0 Å². The molecule has 0 spiro atoms. The molecule has 2 unspecified atom stereocenters.